The number of ketones is 1. The van der Waals surface area contributed by atoms with Gasteiger partial charge in [0.2, 0.25) is 5.78 Å². The normalized spacial score (nSPS) is 21.1. The second kappa shape index (κ2) is 5.61. The topological polar surface area (TPSA) is 54.9 Å². The predicted octanol–water partition coefficient (Wildman–Crippen LogP) is 2.29. The smallest absolute Gasteiger partial charge is 0.211 e. The van der Waals surface area contributed by atoms with Gasteiger partial charge in [0.1, 0.15) is 5.69 Å². The maximum absolute atomic E-state index is 12.5. The lowest BCUT2D eigenvalue weighted by Gasteiger charge is -2.23. The molecule has 19 heavy (non-hydrogen) atoms. The van der Waals surface area contributed by atoms with Crippen LogP contribution in [-0.4, -0.2) is 22.3 Å². The molecule has 1 aromatic heterocycles. The summed E-state index contributed by atoms with van der Waals surface area (Å²) in [5, 5.41) is 3.13. The van der Waals surface area contributed by atoms with E-state index in [0.717, 1.165) is 0 Å². The third-order valence-corrected chi connectivity index (χ3v) is 2.98. The van der Waals surface area contributed by atoms with Crippen molar-refractivity contribution in [2.75, 3.05) is 6.54 Å². The molecule has 1 aromatic rings. The van der Waals surface area contributed by atoms with Crippen LogP contribution in [0.4, 0.5) is 0 Å². The molecule has 0 aliphatic carbocycles. The van der Waals surface area contributed by atoms with E-state index in [1.54, 1.807) is 12.4 Å². The van der Waals surface area contributed by atoms with Crippen molar-refractivity contribution in [3.8, 4) is 0 Å². The minimum atomic E-state index is -0.365. The Labute approximate surface area is 113 Å². The van der Waals surface area contributed by atoms with Gasteiger partial charge in [-0.2, -0.15) is 0 Å². The highest BCUT2D eigenvalue weighted by molar-refractivity contribution is 6.08. The van der Waals surface area contributed by atoms with Crippen LogP contribution in [0, 0.1) is 5.41 Å². The van der Waals surface area contributed by atoms with E-state index in [1.807, 2.05) is 38.2 Å². The molecule has 0 saturated carbocycles. The maximum Gasteiger partial charge on any atom is 0.211 e. The standard InChI is InChI=1S/C15H17N3O/c1-15(2)6-4-3-5-7-16-10-12(15)14(19)13-11-17-8-9-18-13/h3-6,8-11,16H,7H2,1-2H3/b5-3-,6-4-,12-10?. The molecule has 1 N–H and O–H groups in total. The van der Waals surface area contributed by atoms with Crippen molar-refractivity contribution in [2.45, 2.75) is 13.8 Å². The molecule has 1 aliphatic heterocycles. The average molecular weight is 255 g/mol. The lowest BCUT2D eigenvalue weighted by molar-refractivity contribution is 0.101. The van der Waals surface area contributed by atoms with E-state index in [9.17, 15) is 4.79 Å². The Balaban J connectivity index is 2.37. The zero-order valence-electron chi connectivity index (χ0n) is 11.1. The number of nitrogens with one attached hydrogen (secondary N) is 1. The van der Waals surface area contributed by atoms with Gasteiger partial charge in [-0.1, -0.05) is 38.2 Å². The van der Waals surface area contributed by atoms with E-state index in [1.165, 1.54) is 12.4 Å². The van der Waals surface area contributed by atoms with Gasteiger partial charge in [0.25, 0.3) is 0 Å². The van der Waals surface area contributed by atoms with Gasteiger partial charge in [-0.05, 0) is 0 Å². The molecule has 0 radical (unpaired) electrons. The minimum absolute atomic E-state index is 0.0999. The second-order valence-electron chi connectivity index (χ2n) is 4.89. The highest BCUT2D eigenvalue weighted by Crippen LogP contribution is 2.30. The van der Waals surface area contributed by atoms with E-state index in [0.29, 0.717) is 17.8 Å². The molecule has 2 heterocycles. The SMILES string of the molecule is CC1(C)/C=C\C=C/CNC=C1C(=O)c1cnccn1. The van der Waals surface area contributed by atoms with Crippen LogP contribution in [0.5, 0.6) is 0 Å². The van der Waals surface area contributed by atoms with Crippen LogP contribution < -0.4 is 5.32 Å². The highest BCUT2D eigenvalue weighted by Gasteiger charge is 2.27. The highest BCUT2D eigenvalue weighted by atomic mass is 16.1. The Morgan fingerprint density at radius 2 is 2.16 bits per heavy atom. The van der Waals surface area contributed by atoms with Crippen molar-refractivity contribution in [2.24, 2.45) is 5.41 Å². The summed E-state index contributed by atoms with van der Waals surface area (Å²) in [6, 6.07) is 0. The first kappa shape index (κ1) is 13.2. The molecule has 4 heteroatoms. The summed E-state index contributed by atoms with van der Waals surface area (Å²) in [6.07, 6.45) is 14.3. The first-order valence-corrected chi connectivity index (χ1v) is 6.20. The summed E-state index contributed by atoms with van der Waals surface area (Å²) in [7, 11) is 0. The number of carbonyl (C=O) groups excluding carboxylic acids is 1. The zero-order valence-corrected chi connectivity index (χ0v) is 11.1. The molecular formula is C15H17N3O. The number of hydrogen-bond donors (Lipinski definition) is 1. The van der Waals surface area contributed by atoms with Crippen LogP contribution in [0.15, 0.2) is 54.7 Å². The first-order valence-electron chi connectivity index (χ1n) is 6.20. The van der Waals surface area contributed by atoms with Crippen LogP contribution in [0.2, 0.25) is 0 Å². The van der Waals surface area contributed by atoms with Crippen LogP contribution in [0.25, 0.3) is 0 Å². The number of allylic oxidation sites excluding steroid dienone is 4. The number of nitrogens with zero attached hydrogens (tertiary/aromatic N) is 2. The fourth-order valence-electron chi connectivity index (χ4n) is 1.86. The summed E-state index contributed by atoms with van der Waals surface area (Å²) >= 11 is 0. The van der Waals surface area contributed by atoms with E-state index >= 15 is 0 Å². The lowest BCUT2D eigenvalue weighted by atomic mass is 9.81. The van der Waals surface area contributed by atoms with Crippen molar-refractivity contribution in [3.05, 3.63) is 60.4 Å². The second-order valence-corrected chi connectivity index (χ2v) is 4.89. The Hall–Kier alpha value is -2.23. The molecule has 0 unspecified atom stereocenters. The van der Waals surface area contributed by atoms with Crippen LogP contribution >= 0.6 is 0 Å². The average Bonchev–Trinajstić information content (AvgIpc) is 2.49. The van der Waals surface area contributed by atoms with Gasteiger partial charge in [0.15, 0.2) is 0 Å². The van der Waals surface area contributed by atoms with Crippen molar-refractivity contribution < 1.29 is 4.79 Å². The van der Waals surface area contributed by atoms with Gasteiger partial charge in [0, 0.05) is 36.1 Å². The fourth-order valence-corrected chi connectivity index (χ4v) is 1.86. The molecule has 0 aromatic carbocycles. The van der Waals surface area contributed by atoms with Crippen molar-refractivity contribution >= 4 is 5.78 Å². The van der Waals surface area contributed by atoms with Gasteiger partial charge in [0.05, 0.1) is 6.20 Å². The lowest BCUT2D eigenvalue weighted by Crippen LogP contribution is -2.23. The molecule has 0 amide bonds. The Bertz CT molecular complexity index is 542. The van der Waals surface area contributed by atoms with Gasteiger partial charge < -0.3 is 5.32 Å². The number of hydrogen-bond acceptors (Lipinski definition) is 4. The van der Waals surface area contributed by atoms with Crippen LogP contribution in [0.1, 0.15) is 24.3 Å². The van der Waals surface area contributed by atoms with Gasteiger partial charge in [-0.25, -0.2) is 4.98 Å². The van der Waals surface area contributed by atoms with E-state index in [2.05, 4.69) is 15.3 Å². The third-order valence-electron chi connectivity index (χ3n) is 2.98. The molecule has 4 nitrogen and oxygen atoms in total. The predicted molar refractivity (Wildman–Crippen MR) is 74.5 cm³/mol. The monoisotopic (exact) mass is 255 g/mol. The van der Waals surface area contributed by atoms with E-state index in [-0.39, 0.29) is 11.2 Å². The van der Waals surface area contributed by atoms with Gasteiger partial charge in [-0.3, -0.25) is 9.78 Å². The number of rotatable bonds is 2. The zero-order chi connectivity index (χ0) is 13.7. The molecule has 0 bridgehead atoms. The minimum Gasteiger partial charge on any atom is -0.387 e. The van der Waals surface area contributed by atoms with Crippen molar-refractivity contribution in [3.63, 3.8) is 0 Å². The Kier molecular flexibility index (Phi) is 3.90. The fraction of sp³-hybridized carbons (Fsp3) is 0.267. The molecule has 0 spiro atoms. The van der Waals surface area contributed by atoms with Crippen molar-refractivity contribution in [1.29, 1.82) is 0 Å². The molecule has 1 aliphatic rings. The number of carbonyl (C=O) groups is 1. The summed E-state index contributed by atoms with van der Waals surface area (Å²) < 4.78 is 0. The molecule has 98 valence electrons. The number of Topliss-reactive ketones (excluding diaryl/α,β-unsaturated/α-hetero) is 1. The largest absolute Gasteiger partial charge is 0.387 e. The van der Waals surface area contributed by atoms with Crippen LogP contribution in [0.3, 0.4) is 0 Å². The molecule has 2 rings (SSSR count). The van der Waals surface area contributed by atoms with Gasteiger partial charge >= 0.3 is 0 Å². The van der Waals surface area contributed by atoms with E-state index in [4.69, 9.17) is 0 Å². The van der Waals surface area contributed by atoms with Gasteiger partial charge in [-0.15, -0.1) is 0 Å². The van der Waals surface area contributed by atoms with E-state index < -0.39 is 0 Å². The summed E-state index contributed by atoms with van der Waals surface area (Å²) in [4.78, 5) is 20.6. The quantitative estimate of drug-likeness (QED) is 0.824. The molecule has 0 fully saturated rings. The molecule has 0 saturated heterocycles. The number of aromatic nitrogens is 2. The summed E-state index contributed by atoms with van der Waals surface area (Å²) in [5.74, 6) is -0.0999. The molecule has 0 atom stereocenters. The summed E-state index contributed by atoms with van der Waals surface area (Å²) in [6.45, 7) is 4.70. The Morgan fingerprint density at radius 1 is 1.32 bits per heavy atom. The third kappa shape index (κ3) is 3.16. The van der Waals surface area contributed by atoms with Crippen LogP contribution in [-0.2, 0) is 0 Å². The molecular weight excluding hydrogens is 238 g/mol. The Morgan fingerprint density at radius 3 is 2.89 bits per heavy atom. The maximum atomic E-state index is 12.5. The first-order chi connectivity index (χ1) is 9.11. The summed E-state index contributed by atoms with van der Waals surface area (Å²) in [5.41, 5.74) is 0.674. The van der Waals surface area contributed by atoms with Crippen molar-refractivity contribution in [1.82, 2.24) is 15.3 Å².